The molecule has 0 fully saturated rings. The van der Waals surface area contributed by atoms with E-state index < -0.39 is 9.73 Å². The number of hydrogen-bond donors (Lipinski definition) is 0. The van der Waals surface area contributed by atoms with Crippen LogP contribution in [0.15, 0.2) is 39.6 Å². The second kappa shape index (κ2) is 3.63. The summed E-state index contributed by atoms with van der Waals surface area (Å²) in [6, 6.07) is 9.67. The van der Waals surface area contributed by atoms with Gasteiger partial charge in [0.25, 0.3) is 0 Å². The van der Waals surface area contributed by atoms with Crippen molar-refractivity contribution in [3.8, 4) is 0 Å². The molecule has 0 aliphatic carbocycles. The summed E-state index contributed by atoms with van der Waals surface area (Å²) in [6.45, 7) is 4.85. The van der Waals surface area contributed by atoms with Crippen LogP contribution < -0.4 is 0 Å². The summed E-state index contributed by atoms with van der Waals surface area (Å²) >= 11 is 0. The minimum Gasteiger partial charge on any atom is -0.244 e. The van der Waals surface area contributed by atoms with Crippen molar-refractivity contribution >= 4 is 9.73 Å². The van der Waals surface area contributed by atoms with Crippen LogP contribution in [0.25, 0.3) is 0 Å². The fraction of sp³-hybridized carbons (Fsp3) is 0.500. The first-order valence-corrected chi connectivity index (χ1v) is 6.85. The maximum Gasteiger partial charge on any atom is 0.0804 e. The Kier molecular flexibility index (Phi) is 2.59. The SMILES string of the molecule is CC1(C)CCCN=[S@@]1(=O)c1ccccc1. The van der Waals surface area contributed by atoms with Crippen molar-refractivity contribution in [2.24, 2.45) is 4.36 Å². The van der Waals surface area contributed by atoms with Crippen LogP contribution in [0.3, 0.4) is 0 Å². The molecular weight excluding hydrogens is 206 g/mol. The van der Waals surface area contributed by atoms with E-state index in [9.17, 15) is 4.21 Å². The summed E-state index contributed by atoms with van der Waals surface area (Å²) in [7, 11) is -2.22. The first-order chi connectivity index (χ1) is 7.06. The summed E-state index contributed by atoms with van der Waals surface area (Å²) in [5.74, 6) is 0. The highest BCUT2D eigenvalue weighted by Crippen LogP contribution is 2.34. The largest absolute Gasteiger partial charge is 0.244 e. The standard InChI is InChI=1S/C12H17NOS/c1-12(2)9-6-10-13-15(12,14)11-7-4-3-5-8-11/h3-5,7-8H,6,9-10H2,1-2H3/t15-/m1/s1. The second-order valence-corrected chi connectivity index (χ2v) is 7.44. The number of nitrogens with zero attached hydrogens (tertiary/aromatic N) is 1. The zero-order valence-electron chi connectivity index (χ0n) is 9.27. The molecule has 1 aliphatic rings. The molecule has 1 aromatic carbocycles. The zero-order chi connectivity index (χ0) is 10.9. The molecular formula is C12H17NOS. The molecule has 82 valence electrons. The zero-order valence-corrected chi connectivity index (χ0v) is 10.1. The van der Waals surface area contributed by atoms with Crippen molar-refractivity contribution in [2.45, 2.75) is 36.3 Å². The molecule has 1 heterocycles. The fourth-order valence-electron chi connectivity index (χ4n) is 2.01. The molecule has 0 saturated heterocycles. The van der Waals surface area contributed by atoms with Crippen LogP contribution in [0, 0.1) is 0 Å². The quantitative estimate of drug-likeness (QED) is 0.719. The minimum atomic E-state index is -2.22. The van der Waals surface area contributed by atoms with Gasteiger partial charge in [0, 0.05) is 11.4 Å². The molecule has 1 aromatic rings. The van der Waals surface area contributed by atoms with E-state index in [0.29, 0.717) is 0 Å². The lowest BCUT2D eigenvalue weighted by atomic mass is 10.1. The Morgan fingerprint density at radius 1 is 1.27 bits per heavy atom. The Labute approximate surface area is 91.9 Å². The van der Waals surface area contributed by atoms with Crippen LogP contribution in [0.4, 0.5) is 0 Å². The van der Waals surface area contributed by atoms with Gasteiger partial charge >= 0.3 is 0 Å². The second-order valence-electron chi connectivity index (χ2n) is 4.55. The monoisotopic (exact) mass is 223 g/mol. The van der Waals surface area contributed by atoms with Gasteiger partial charge in [-0.3, -0.25) is 0 Å². The molecule has 2 rings (SSSR count). The van der Waals surface area contributed by atoms with Gasteiger partial charge in [-0.1, -0.05) is 18.2 Å². The lowest BCUT2D eigenvalue weighted by molar-refractivity contribution is 0.544. The van der Waals surface area contributed by atoms with Gasteiger partial charge in [-0.2, -0.15) is 0 Å². The first kappa shape index (κ1) is 10.7. The van der Waals surface area contributed by atoms with Crippen molar-refractivity contribution in [1.29, 1.82) is 0 Å². The lowest BCUT2D eigenvalue weighted by Crippen LogP contribution is -2.34. The molecule has 0 unspecified atom stereocenters. The van der Waals surface area contributed by atoms with Gasteiger partial charge < -0.3 is 0 Å². The summed E-state index contributed by atoms with van der Waals surface area (Å²) in [5.41, 5.74) is 0. The van der Waals surface area contributed by atoms with E-state index in [1.165, 1.54) is 0 Å². The smallest absolute Gasteiger partial charge is 0.0804 e. The van der Waals surface area contributed by atoms with E-state index >= 15 is 0 Å². The molecule has 0 amide bonds. The number of benzene rings is 1. The molecule has 0 spiro atoms. The Bertz CT molecular complexity index is 456. The van der Waals surface area contributed by atoms with Crippen LogP contribution in [-0.2, 0) is 9.73 Å². The number of hydrogen-bond acceptors (Lipinski definition) is 2. The highest BCUT2D eigenvalue weighted by Gasteiger charge is 2.35. The van der Waals surface area contributed by atoms with Crippen LogP contribution >= 0.6 is 0 Å². The molecule has 0 radical (unpaired) electrons. The first-order valence-electron chi connectivity index (χ1n) is 5.34. The lowest BCUT2D eigenvalue weighted by Gasteiger charge is -2.32. The summed E-state index contributed by atoms with van der Waals surface area (Å²) in [4.78, 5) is 0.884. The van der Waals surface area contributed by atoms with Crippen LogP contribution in [0.2, 0.25) is 0 Å². The van der Waals surface area contributed by atoms with Gasteiger partial charge in [-0.05, 0) is 38.8 Å². The molecule has 3 heteroatoms. The molecule has 1 atom stereocenters. The van der Waals surface area contributed by atoms with Crippen molar-refractivity contribution < 1.29 is 4.21 Å². The predicted octanol–water partition coefficient (Wildman–Crippen LogP) is 3.09. The van der Waals surface area contributed by atoms with Crippen molar-refractivity contribution in [3.63, 3.8) is 0 Å². The maximum atomic E-state index is 12.9. The van der Waals surface area contributed by atoms with Gasteiger partial charge in [0.15, 0.2) is 0 Å². The normalized spacial score (nSPS) is 29.5. The average Bonchev–Trinajstić information content (AvgIpc) is 2.24. The van der Waals surface area contributed by atoms with Crippen molar-refractivity contribution in [1.82, 2.24) is 0 Å². The Morgan fingerprint density at radius 3 is 2.53 bits per heavy atom. The highest BCUT2D eigenvalue weighted by molar-refractivity contribution is 7.95. The van der Waals surface area contributed by atoms with Crippen LogP contribution in [0.1, 0.15) is 26.7 Å². The van der Waals surface area contributed by atoms with Gasteiger partial charge in [-0.25, -0.2) is 8.57 Å². The number of rotatable bonds is 1. The Morgan fingerprint density at radius 2 is 1.93 bits per heavy atom. The summed E-state index contributed by atoms with van der Waals surface area (Å²) in [5, 5.41) is 0. The molecule has 0 bridgehead atoms. The van der Waals surface area contributed by atoms with E-state index in [1.807, 2.05) is 30.3 Å². The predicted molar refractivity (Wildman–Crippen MR) is 63.5 cm³/mol. The molecule has 1 aliphatic heterocycles. The van der Waals surface area contributed by atoms with E-state index in [4.69, 9.17) is 0 Å². The van der Waals surface area contributed by atoms with Gasteiger partial charge in [0.05, 0.1) is 14.5 Å². The summed E-state index contributed by atoms with van der Waals surface area (Å²) in [6.07, 6.45) is 2.04. The highest BCUT2D eigenvalue weighted by atomic mass is 32.2. The van der Waals surface area contributed by atoms with Gasteiger partial charge in [0.2, 0.25) is 0 Å². The Hall–Kier alpha value is -0.830. The fourth-order valence-corrected chi connectivity index (χ4v) is 4.48. The van der Waals surface area contributed by atoms with E-state index in [1.54, 1.807) is 0 Å². The van der Waals surface area contributed by atoms with Crippen LogP contribution in [0.5, 0.6) is 0 Å². The van der Waals surface area contributed by atoms with Gasteiger partial charge in [-0.15, -0.1) is 0 Å². The molecule has 0 aromatic heterocycles. The van der Waals surface area contributed by atoms with Crippen LogP contribution in [-0.4, -0.2) is 15.5 Å². The molecule has 15 heavy (non-hydrogen) atoms. The third kappa shape index (κ3) is 1.69. The minimum absolute atomic E-state index is 0.202. The van der Waals surface area contributed by atoms with E-state index in [2.05, 4.69) is 18.2 Å². The van der Waals surface area contributed by atoms with Crippen molar-refractivity contribution in [3.05, 3.63) is 30.3 Å². The average molecular weight is 223 g/mol. The third-order valence-corrected chi connectivity index (χ3v) is 6.18. The van der Waals surface area contributed by atoms with E-state index in [0.717, 1.165) is 24.3 Å². The molecule has 0 N–H and O–H groups in total. The molecule has 0 saturated carbocycles. The van der Waals surface area contributed by atoms with Gasteiger partial charge in [0.1, 0.15) is 0 Å². The van der Waals surface area contributed by atoms with E-state index in [-0.39, 0.29) is 4.75 Å². The third-order valence-electron chi connectivity index (χ3n) is 3.02. The topological polar surface area (TPSA) is 29.4 Å². The van der Waals surface area contributed by atoms with Crippen molar-refractivity contribution in [2.75, 3.05) is 6.54 Å². The Balaban J connectivity index is 2.60. The summed E-state index contributed by atoms with van der Waals surface area (Å²) < 4.78 is 17.1. The maximum absolute atomic E-state index is 12.9. The molecule has 2 nitrogen and oxygen atoms in total.